The van der Waals surface area contributed by atoms with Crippen molar-refractivity contribution in [1.29, 1.82) is 0 Å². The zero-order valence-corrected chi connectivity index (χ0v) is 10.8. The average molecular weight is 266 g/mol. The molecular formula is C13H14O6. The molecule has 2 unspecified atom stereocenters. The van der Waals surface area contributed by atoms with Crippen molar-refractivity contribution < 1.29 is 29.3 Å². The molecule has 0 spiro atoms. The highest BCUT2D eigenvalue weighted by molar-refractivity contribution is 6.07. The van der Waals surface area contributed by atoms with E-state index in [4.69, 9.17) is 19.7 Å². The van der Waals surface area contributed by atoms with E-state index in [0.29, 0.717) is 0 Å². The van der Waals surface area contributed by atoms with Crippen LogP contribution in [0.5, 0.6) is 0 Å². The predicted molar refractivity (Wildman–Crippen MR) is 62.5 cm³/mol. The Kier molecular flexibility index (Phi) is 4.21. The van der Waals surface area contributed by atoms with Gasteiger partial charge in [-0.2, -0.15) is 0 Å². The second-order valence-electron chi connectivity index (χ2n) is 4.55. The molecule has 6 nitrogen and oxygen atoms in total. The summed E-state index contributed by atoms with van der Waals surface area (Å²) in [6.45, 7) is 4.74. The third-order valence-electron chi connectivity index (χ3n) is 2.72. The Balaban J connectivity index is 3.17. The molecule has 102 valence electrons. The fourth-order valence-corrected chi connectivity index (χ4v) is 2.06. The molecule has 0 aromatic carbocycles. The standard InChI is InChI=1S/C13H14O6/c1-9-13(11(17)5-7-15,8-10(16)4-6-14)19-12(2,3)18-9/h9,14-15H,8H2,1-3H3. The lowest BCUT2D eigenvalue weighted by Gasteiger charge is -2.26. The van der Waals surface area contributed by atoms with E-state index in [1.54, 1.807) is 20.8 Å². The van der Waals surface area contributed by atoms with E-state index >= 15 is 0 Å². The molecular weight excluding hydrogens is 252 g/mol. The summed E-state index contributed by atoms with van der Waals surface area (Å²) in [6, 6.07) is 0. The number of hydrogen-bond acceptors (Lipinski definition) is 6. The molecule has 6 heteroatoms. The minimum atomic E-state index is -1.64. The van der Waals surface area contributed by atoms with Crippen LogP contribution in [0.25, 0.3) is 0 Å². The van der Waals surface area contributed by atoms with Crippen molar-refractivity contribution in [1.82, 2.24) is 0 Å². The maximum atomic E-state index is 12.0. The molecule has 1 saturated heterocycles. The summed E-state index contributed by atoms with van der Waals surface area (Å²) in [5.74, 6) is 1.31. The summed E-state index contributed by atoms with van der Waals surface area (Å²) in [7, 11) is 0. The number of aliphatic hydroxyl groups is 2. The molecule has 1 fully saturated rings. The first-order valence-electron chi connectivity index (χ1n) is 5.53. The van der Waals surface area contributed by atoms with E-state index in [2.05, 4.69) is 0 Å². The highest BCUT2D eigenvalue weighted by Gasteiger charge is 2.56. The first-order valence-corrected chi connectivity index (χ1v) is 5.53. The van der Waals surface area contributed by atoms with Crippen molar-refractivity contribution in [2.24, 2.45) is 0 Å². The van der Waals surface area contributed by atoms with Gasteiger partial charge in [0.05, 0.1) is 12.5 Å². The second-order valence-corrected chi connectivity index (χ2v) is 4.55. The normalized spacial score (nSPS) is 27.6. The highest BCUT2D eigenvalue weighted by Crippen LogP contribution is 2.39. The summed E-state index contributed by atoms with van der Waals surface area (Å²) >= 11 is 0. The predicted octanol–water partition coefficient (Wildman–Crippen LogP) is 0.0917. The lowest BCUT2D eigenvalue weighted by Crippen LogP contribution is -2.48. The van der Waals surface area contributed by atoms with Crippen molar-refractivity contribution in [3.05, 3.63) is 0 Å². The number of hydrogen-bond donors (Lipinski definition) is 2. The van der Waals surface area contributed by atoms with Crippen molar-refractivity contribution in [2.45, 2.75) is 44.7 Å². The average Bonchev–Trinajstić information content (AvgIpc) is 2.50. The van der Waals surface area contributed by atoms with Crippen molar-refractivity contribution in [3.8, 4) is 24.1 Å². The Hall–Kier alpha value is -2.02. The van der Waals surface area contributed by atoms with Gasteiger partial charge in [-0.25, -0.2) is 0 Å². The van der Waals surface area contributed by atoms with Gasteiger partial charge in [0.1, 0.15) is 12.2 Å². The molecule has 19 heavy (non-hydrogen) atoms. The van der Waals surface area contributed by atoms with Gasteiger partial charge >= 0.3 is 0 Å². The lowest BCUT2D eigenvalue weighted by atomic mass is 9.87. The van der Waals surface area contributed by atoms with E-state index in [1.165, 1.54) is 12.2 Å². The zero-order valence-electron chi connectivity index (χ0n) is 10.8. The van der Waals surface area contributed by atoms with Gasteiger partial charge < -0.3 is 19.7 Å². The largest absolute Gasteiger partial charge is 0.462 e. The molecule has 1 rings (SSSR count). The van der Waals surface area contributed by atoms with Crippen molar-refractivity contribution >= 4 is 11.6 Å². The van der Waals surface area contributed by atoms with Crippen LogP contribution >= 0.6 is 0 Å². The second kappa shape index (κ2) is 5.31. The van der Waals surface area contributed by atoms with Crippen molar-refractivity contribution in [3.63, 3.8) is 0 Å². The van der Waals surface area contributed by atoms with Crippen LogP contribution in [0.1, 0.15) is 27.2 Å². The fraction of sp³-hybridized carbons (Fsp3) is 0.538. The third-order valence-corrected chi connectivity index (χ3v) is 2.72. The highest BCUT2D eigenvalue weighted by atomic mass is 16.8. The van der Waals surface area contributed by atoms with Gasteiger partial charge in [-0.3, -0.25) is 9.59 Å². The van der Waals surface area contributed by atoms with Crippen LogP contribution in [0, 0.1) is 24.1 Å². The number of Topliss-reactive ketones (excluding diaryl/α,β-unsaturated/α-hetero) is 2. The first-order chi connectivity index (χ1) is 8.77. The molecule has 2 N–H and O–H groups in total. The van der Waals surface area contributed by atoms with E-state index in [1.807, 2.05) is 11.8 Å². The van der Waals surface area contributed by atoms with E-state index in [-0.39, 0.29) is 0 Å². The maximum absolute atomic E-state index is 12.0. The van der Waals surface area contributed by atoms with Gasteiger partial charge in [-0.05, 0) is 20.8 Å². The number of rotatable bonds is 3. The molecule has 1 heterocycles. The van der Waals surface area contributed by atoms with Crippen LogP contribution < -0.4 is 0 Å². The summed E-state index contributed by atoms with van der Waals surface area (Å²) in [5, 5.41) is 16.9. The van der Waals surface area contributed by atoms with Gasteiger partial charge in [0.25, 0.3) is 0 Å². The Bertz CT molecular complexity index is 513. The number of ketones is 2. The molecule has 2 atom stereocenters. The Morgan fingerprint density at radius 2 is 1.79 bits per heavy atom. The van der Waals surface area contributed by atoms with Crippen LogP contribution in [0.4, 0.5) is 0 Å². The molecule has 0 aliphatic carbocycles. The van der Waals surface area contributed by atoms with Crippen LogP contribution in [0.2, 0.25) is 0 Å². The molecule has 0 bridgehead atoms. The van der Waals surface area contributed by atoms with Crippen LogP contribution in [0.3, 0.4) is 0 Å². The molecule has 0 aromatic rings. The smallest absolute Gasteiger partial charge is 0.243 e. The number of carbonyl (C=O) groups is 2. The molecule has 0 amide bonds. The van der Waals surface area contributed by atoms with Crippen LogP contribution in [-0.4, -0.2) is 39.3 Å². The topological polar surface area (TPSA) is 93.1 Å². The number of carbonyl (C=O) groups excluding carboxylic acids is 2. The van der Waals surface area contributed by atoms with E-state index < -0.39 is 35.5 Å². The molecule has 0 radical (unpaired) electrons. The maximum Gasteiger partial charge on any atom is 0.243 e. The van der Waals surface area contributed by atoms with E-state index in [0.717, 1.165) is 0 Å². The number of aliphatic hydroxyl groups excluding tert-OH is 2. The van der Waals surface area contributed by atoms with Crippen LogP contribution in [-0.2, 0) is 19.1 Å². The quantitative estimate of drug-likeness (QED) is 0.703. The fourth-order valence-electron chi connectivity index (χ4n) is 2.06. The minimum Gasteiger partial charge on any atom is -0.462 e. The van der Waals surface area contributed by atoms with Gasteiger partial charge in [0.15, 0.2) is 11.4 Å². The summed E-state index contributed by atoms with van der Waals surface area (Å²) in [5.41, 5.74) is -1.64. The Morgan fingerprint density at radius 3 is 2.21 bits per heavy atom. The van der Waals surface area contributed by atoms with E-state index in [9.17, 15) is 9.59 Å². The summed E-state index contributed by atoms with van der Waals surface area (Å²) in [4.78, 5) is 23.5. The monoisotopic (exact) mass is 266 g/mol. The summed E-state index contributed by atoms with van der Waals surface area (Å²) < 4.78 is 11.0. The first kappa shape index (κ1) is 15.0. The minimum absolute atomic E-state index is 0.418. The molecule has 0 aromatic heterocycles. The van der Waals surface area contributed by atoms with Gasteiger partial charge in [0.2, 0.25) is 11.6 Å². The molecule has 0 saturated carbocycles. The molecule has 1 aliphatic rings. The zero-order chi connectivity index (χ0) is 14.7. The molecule has 1 aliphatic heterocycles. The lowest BCUT2D eigenvalue weighted by molar-refractivity contribution is -0.171. The Labute approximate surface area is 110 Å². The van der Waals surface area contributed by atoms with Crippen LogP contribution in [0.15, 0.2) is 0 Å². The van der Waals surface area contributed by atoms with Gasteiger partial charge in [0, 0.05) is 11.8 Å². The Morgan fingerprint density at radius 1 is 1.21 bits per heavy atom. The van der Waals surface area contributed by atoms with Gasteiger partial charge in [-0.1, -0.05) is 0 Å². The number of ether oxygens (including phenoxy) is 2. The van der Waals surface area contributed by atoms with Gasteiger partial charge in [-0.15, -0.1) is 0 Å². The summed E-state index contributed by atoms with van der Waals surface area (Å²) in [6.07, 6.45) is 1.80. The third kappa shape index (κ3) is 3.05. The van der Waals surface area contributed by atoms with Crippen molar-refractivity contribution in [2.75, 3.05) is 0 Å². The SMILES string of the molecule is CC1OC(C)(C)OC1(CC(=O)C#CO)C(=O)C#CO.